The second-order valence-corrected chi connectivity index (χ2v) is 2.08. The Hall–Kier alpha value is -1.22. The van der Waals surface area contributed by atoms with Gasteiger partial charge < -0.3 is 10.2 Å². The van der Waals surface area contributed by atoms with Crippen LogP contribution in [0.25, 0.3) is 0 Å². The number of hydrogen-bond donors (Lipinski definition) is 2. The maximum atomic E-state index is 5.10. The number of nitrogens with one attached hydrogen (secondary N) is 2. The Morgan fingerprint density at radius 3 is 2.64 bits per heavy atom. The largest absolute Gasteiger partial charge is 0.495 e. The van der Waals surface area contributed by atoms with E-state index in [1.807, 2.05) is 31.3 Å². The molecule has 3 heteroatoms. The molecule has 3 nitrogen and oxygen atoms in total. The minimum Gasteiger partial charge on any atom is -0.495 e. The minimum atomic E-state index is 0.835. The Bertz CT molecular complexity index is 225. The minimum absolute atomic E-state index is 0.835. The van der Waals surface area contributed by atoms with Gasteiger partial charge in [-0.1, -0.05) is 12.1 Å². The highest BCUT2D eigenvalue weighted by Gasteiger charge is 1.96. The number of hydrazine groups is 1. The van der Waals surface area contributed by atoms with Crippen molar-refractivity contribution in [2.45, 2.75) is 0 Å². The second kappa shape index (κ2) is 3.83. The Morgan fingerprint density at radius 2 is 2.00 bits per heavy atom. The molecule has 0 aliphatic carbocycles. The fourth-order valence-corrected chi connectivity index (χ4v) is 0.883. The topological polar surface area (TPSA) is 33.3 Å². The van der Waals surface area contributed by atoms with E-state index in [1.54, 1.807) is 7.11 Å². The van der Waals surface area contributed by atoms with Crippen LogP contribution in [0.4, 0.5) is 5.69 Å². The third-order valence-electron chi connectivity index (χ3n) is 1.37. The summed E-state index contributed by atoms with van der Waals surface area (Å²) < 4.78 is 5.10. The van der Waals surface area contributed by atoms with Crippen LogP contribution in [0.3, 0.4) is 0 Å². The summed E-state index contributed by atoms with van der Waals surface area (Å²) in [5.41, 5.74) is 6.72. The van der Waals surface area contributed by atoms with Crippen molar-refractivity contribution < 1.29 is 4.74 Å². The molecule has 0 radical (unpaired) electrons. The van der Waals surface area contributed by atoms with Crippen molar-refractivity contribution in [3.63, 3.8) is 0 Å². The first kappa shape index (κ1) is 7.88. The number of benzene rings is 1. The predicted molar refractivity (Wildman–Crippen MR) is 45.7 cm³/mol. The quantitative estimate of drug-likeness (QED) is 0.639. The van der Waals surface area contributed by atoms with Gasteiger partial charge in [0.15, 0.2) is 0 Å². The molecule has 1 rings (SSSR count). The first-order chi connectivity index (χ1) is 5.38. The summed E-state index contributed by atoms with van der Waals surface area (Å²) in [4.78, 5) is 0. The van der Waals surface area contributed by atoms with Gasteiger partial charge in [-0.05, 0) is 12.1 Å². The fourth-order valence-electron chi connectivity index (χ4n) is 0.883. The van der Waals surface area contributed by atoms with Crippen molar-refractivity contribution in [1.82, 2.24) is 5.43 Å². The molecule has 0 aliphatic rings. The Kier molecular flexibility index (Phi) is 2.74. The van der Waals surface area contributed by atoms with E-state index in [2.05, 4.69) is 10.9 Å². The van der Waals surface area contributed by atoms with Crippen LogP contribution in [0, 0.1) is 0 Å². The third-order valence-corrected chi connectivity index (χ3v) is 1.37. The van der Waals surface area contributed by atoms with Crippen molar-refractivity contribution in [2.24, 2.45) is 0 Å². The monoisotopic (exact) mass is 152 g/mol. The molecule has 0 atom stereocenters. The summed E-state index contributed by atoms with van der Waals surface area (Å²) in [6, 6.07) is 7.72. The molecule has 0 aliphatic heterocycles. The lowest BCUT2D eigenvalue weighted by Gasteiger charge is -2.08. The van der Waals surface area contributed by atoms with Gasteiger partial charge in [0.25, 0.3) is 0 Å². The van der Waals surface area contributed by atoms with Gasteiger partial charge in [-0.3, -0.25) is 0 Å². The zero-order valence-electron chi connectivity index (χ0n) is 6.72. The lowest BCUT2D eigenvalue weighted by Crippen LogP contribution is -2.15. The lowest BCUT2D eigenvalue weighted by atomic mass is 10.3. The van der Waals surface area contributed by atoms with Crippen molar-refractivity contribution in [3.05, 3.63) is 24.3 Å². The number of hydrogen-bond acceptors (Lipinski definition) is 3. The molecule has 2 N–H and O–H groups in total. The fraction of sp³-hybridized carbons (Fsp3) is 0.250. The van der Waals surface area contributed by atoms with Crippen LogP contribution in [0.2, 0.25) is 0 Å². The molecule has 0 spiro atoms. The molecule has 0 fully saturated rings. The Morgan fingerprint density at radius 1 is 1.27 bits per heavy atom. The summed E-state index contributed by atoms with van der Waals surface area (Å²) in [7, 11) is 3.46. The number of rotatable bonds is 3. The van der Waals surface area contributed by atoms with Crippen LogP contribution in [-0.4, -0.2) is 14.2 Å². The summed E-state index contributed by atoms with van der Waals surface area (Å²) >= 11 is 0. The standard InChI is InChI=1S/C8H12N2O/c1-9-10-7-5-3-4-6-8(7)11-2/h3-6,9-10H,1-2H3. The first-order valence-corrected chi connectivity index (χ1v) is 3.44. The summed E-state index contributed by atoms with van der Waals surface area (Å²) in [6.07, 6.45) is 0. The van der Waals surface area contributed by atoms with Crippen molar-refractivity contribution in [1.29, 1.82) is 0 Å². The average molecular weight is 152 g/mol. The Balaban J connectivity index is 2.83. The normalized spacial score (nSPS) is 9.27. The van der Waals surface area contributed by atoms with Gasteiger partial charge in [0.2, 0.25) is 0 Å². The highest BCUT2D eigenvalue weighted by molar-refractivity contribution is 5.55. The van der Waals surface area contributed by atoms with Gasteiger partial charge in [-0.15, -0.1) is 0 Å². The molecule has 11 heavy (non-hydrogen) atoms. The van der Waals surface area contributed by atoms with E-state index in [4.69, 9.17) is 4.74 Å². The molecule has 60 valence electrons. The van der Waals surface area contributed by atoms with Gasteiger partial charge in [0.05, 0.1) is 12.8 Å². The highest BCUT2D eigenvalue weighted by Crippen LogP contribution is 2.21. The number of methoxy groups -OCH3 is 1. The molecule has 0 unspecified atom stereocenters. The molecular formula is C8H12N2O. The maximum Gasteiger partial charge on any atom is 0.143 e. The van der Waals surface area contributed by atoms with Crippen LogP contribution in [0.1, 0.15) is 0 Å². The van der Waals surface area contributed by atoms with E-state index in [-0.39, 0.29) is 0 Å². The van der Waals surface area contributed by atoms with Crippen LogP contribution < -0.4 is 15.6 Å². The molecule has 0 bridgehead atoms. The van der Waals surface area contributed by atoms with Crippen molar-refractivity contribution in [2.75, 3.05) is 19.6 Å². The lowest BCUT2D eigenvalue weighted by molar-refractivity contribution is 0.416. The first-order valence-electron chi connectivity index (χ1n) is 3.44. The second-order valence-electron chi connectivity index (χ2n) is 2.08. The summed E-state index contributed by atoms with van der Waals surface area (Å²) in [5, 5.41) is 0. The van der Waals surface area contributed by atoms with E-state index in [0.29, 0.717) is 0 Å². The molecule has 0 heterocycles. The number of para-hydroxylation sites is 2. The molecule has 0 saturated heterocycles. The summed E-state index contributed by atoms with van der Waals surface area (Å²) in [6.45, 7) is 0. The maximum absolute atomic E-state index is 5.10. The zero-order valence-corrected chi connectivity index (χ0v) is 6.72. The number of anilines is 1. The molecule has 1 aromatic rings. The van der Waals surface area contributed by atoms with E-state index >= 15 is 0 Å². The van der Waals surface area contributed by atoms with Gasteiger partial charge >= 0.3 is 0 Å². The van der Waals surface area contributed by atoms with Crippen LogP contribution in [0.5, 0.6) is 5.75 Å². The molecular weight excluding hydrogens is 140 g/mol. The van der Waals surface area contributed by atoms with Crippen LogP contribution in [0.15, 0.2) is 24.3 Å². The zero-order chi connectivity index (χ0) is 8.10. The van der Waals surface area contributed by atoms with Gasteiger partial charge in [0.1, 0.15) is 5.75 Å². The van der Waals surface area contributed by atoms with Crippen molar-refractivity contribution in [3.8, 4) is 5.75 Å². The van der Waals surface area contributed by atoms with Crippen LogP contribution >= 0.6 is 0 Å². The van der Waals surface area contributed by atoms with Crippen LogP contribution in [-0.2, 0) is 0 Å². The van der Waals surface area contributed by atoms with E-state index in [0.717, 1.165) is 11.4 Å². The van der Waals surface area contributed by atoms with Gasteiger partial charge in [0, 0.05) is 7.05 Å². The molecule has 1 aromatic carbocycles. The van der Waals surface area contributed by atoms with Gasteiger partial charge in [-0.2, -0.15) is 0 Å². The Labute approximate surface area is 66.3 Å². The predicted octanol–water partition coefficient (Wildman–Crippen LogP) is 1.24. The average Bonchev–Trinajstić information content (AvgIpc) is 2.06. The molecule has 0 aromatic heterocycles. The highest BCUT2D eigenvalue weighted by atomic mass is 16.5. The van der Waals surface area contributed by atoms with E-state index in [9.17, 15) is 0 Å². The molecule has 0 amide bonds. The van der Waals surface area contributed by atoms with E-state index < -0.39 is 0 Å². The molecule has 0 saturated carbocycles. The summed E-state index contributed by atoms with van der Waals surface area (Å²) in [5.74, 6) is 0.835. The third kappa shape index (κ3) is 1.85. The van der Waals surface area contributed by atoms with Gasteiger partial charge in [-0.25, -0.2) is 5.43 Å². The number of ether oxygens (including phenoxy) is 1. The smallest absolute Gasteiger partial charge is 0.143 e. The van der Waals surface area contributed by atoms with E-state index in [1.165, 1.54) is 0 Å². The van der Waals surface area contributed by atoms with Crippen molar-refractivity contribution >= 4 is 5.69 Å². The SMILES string of the molecule is CNNc1ccccc1OC.